The maximum absolute atomic E-state index is 15.3. The molecule has 1 aliphatic carbocycles. The fourth-order valence-corrected chi connectivity index (χ4v) is 8.50. The number of nitrogens with zero attached hydrogens (tertiary/aromatic N) is 8. The number of carbonyl (C=O) groups excluding carboxylic acids is 2. The highest BCUT2D eigenvalue weighted by Crippen LogP contribution is 2.40. The van der Waals surface area contributed by atoms with Crippen molar-refractivity contribution in [1.29, 1.82) is 0 Å². The van der Waals surface area contributed by atoms with Crippen molar-refractivity contribution in [2.75, 3.05) is 36.3 Å². The predicted molar refractivity (Wildman–Crippen MR) is 217 cm³/mol. The van der Waals surface area contributed by atoms with Gasteiger partial charge in [0, 0.05) is 43.2 Å². The van der Waals surface area contributed by atoms with Gasteiger partial charge in [-0.2, -0.15) is 5.10 Å². The maximum Gasteiger partial charge on any atom is 0.357 e. The molecule has 8 rings (SSSR count). The van der Waals surface area contributed by atoms with Gasteiger partial charge in [0.2, 0.25) is 5.95 Å². The van der Waals surface area contributed by atoms with E-state index in [1.54, 1.807) is 6.07 Å². The Kier molecular flexibility index (Phi) is 11.1. The second kappa shape index (κ2) is 16.4. The summed E-state index contributed by atoms with van der Waals surface area (Å²) in [6.07, 6.45) is 6.24. The van der Waals surface area contributed by atoms with Gasteiger partial charge in [0.15, 0.2) is 11.5 Å². The number of rotatable bonds is 10. The number of benzene rings is 2. The summed E-state index contributed by atoms with van der Waals surface area (Å²) in [7, 11) is 0. The molecule has 0 saturated carbocycles. The minimum atomic E-state index is -0.676. The van der Waals surface area contributed by atoms with Crippen LogP contribution in [0.1, 0.15) is 101 Å². The molecular formula is C43H52FN9O5. The summed E-state index contributed by atoms with van der Waals surface area (Å²) < 4.78 is 30.9. The molecule has 0 radical (unpaired) electrons. The third-order valence-corrected chi connectivity index (χ3v) is 11.5. The number of aromatic nitrogens is 5. The molecule has 5 heterocycles. The molecule has 1 N–H and O–H groups in total. The molecule has 3 aromatic heterocycles. The number of carbonyl (C=O) groups is 2. The zero-order valence-corrected chi connectivity index (χ0v) is 33.8. The smallest absolute Gasteiger partial charge is 0.357 e. The van der Waals surface area contributed by atoms with Crippen molar-refractivity contribution >= 4 is 29.9 Å². The highest BCUT2D eigenvalue weighted by molar-refractivity contribution is 5.90. The Balaban J connectivity index is 1.05. The van der Waals surface area contributed by atoms with Crippen LogP contribution in [0.2, 0.25) is 0 Å². The number of hydrogen-bond donors (Lipinski definition) is 1. The van der Waals surface area contributed by atoms with Crippen LogP contribution >= 0.6 is 0 Å². The van der Waals surface area contributed by atoms with Crippen molar-refractivity contribution in [3.8, 4) is 11.4 Å². The van der Waals surface area contributed by atoms with Crippen LogP contribution in [0.4, 0.5) is 21.0 Å². The zero-order chi connectivity index (χ0) is 40.6. The number of hydroxylamine groups is 1. The third-order valence-electron chi connectivity index (χ3n) is 11.5. The Bertz CT molecular complexity index is 2250. The van der Waals surface area contributed by atoms with Gasteiger partial charge in [-0.15, -0.1) is 15.3 Å². The molecule has 5 aromatic rings. The van der Waals surface area contributed by atoms with E-state index in [0.717, 1.165) is 59.3 Å². The first-order valence-electron chi connectivity index (χ1n) is 20.3. The fraction of sp³-hybridized carbons (Fsp3) is 0.465. The monoisotopic (exact) mass is 793 g/mol. The van der Waals surface area contributed by atoms with Gasteiger partial charge >= 0.3 is 12.5 Å². The summed E-state index contributed by atoms with van der Waals surface area (Å²) in [5, 5.41) is 17.8. The molecule has 0 spiro atoms. The average Bonchev–Trinajstić information content (AvgIpc) is 3.83. The van der Waals surface area contributed by atoms with Gasteiger partial charge in [0.1, 0.15) is 17.7 Å². The lowest BCUT2D eigenvalue weighted by Gasteiger charge is -2.39. The van der Waals surface area contributed by atoms with Gasteiger partial charge in [0.25, 0.3) is 0 Å². The molecule has 2 aliphatic heterocycles. The minimum absolute atomic E-state index is 0.153. The highest BCUT2D eigenvalue weighted by Gasteiger charge is 2.34. The average molecular weight is 794 g/mol. The summed E-state index contributed by atoms with van der Waals surface area (Å²) in [5.41, 5.74) is 3.89. The molecule has 2 amide bonds. The standard InChI is InChI=1S/C43H52FN9O5/c1-28-9-8-10-29(2)51(28)41-47-46-39-16-13-33(26-50(39)41)58-37-15-14-36(34-11-6-7-12-35(34)37)45-42(55)53(57-27-54)40-24-38(43(3,4)5)48-52(40)32-22-30(21-31(44)23-32)25-49-17-19-56-20-18-49/h6-7,11-13,16,21-24,26-29,36-37H,8-10,14-15,17-20,25H2,1-5H3,(H,45,55)/t28-,29+,36-,37+/m0/s1. The Morgan fingerprint density at radius 1 is 0.983 bits per heavy atom. The molecule has 306 valence electrons. The predicted octanol–water partition coefficient (Wildman–Crippen LogP) is 7.21. The van der Waals surface area contributed by atoms with E-state index in [-0.39, 0.29) is 18.4 Å². The van der Waals surface area contributed by atoms with E-state index in [1.807, 2.05) is 73.8 Å². The number of morpholine rings is 1. The van der Waals surface area contributed by atoms with Crippen LogP contribution < -0.4 is 20.0 Å². The van der Waals surface area contributed by atoms with Crippen molar-refractivity contribution in [1.82, 2.24) is 34.6 Å². The number of fused-ring (bicyclic) bond motifs is 2. The summed E-state index contributed by atoms with van der Waals surface area (Å²) in [4.78, 5) is 36.2. The molecule has 0 bridgehead atoms. The lowest BCUT2D eigenvalue weighted by molar-refractivity contribution is -0.129. The number of urea groups is 1. The lowest BCUT2D eigenvalue weighted by atomic mass is 9.85. The third kappa shape index (κ3) is 8.10. The molecule has 58 heavy (non-hydrogen) atoms. The van der Waals surface area contributed by atoms with Gasteiger partial charge in [-0.05, 0) is 93.0 Å². The summed E-state index contributed by atoms with van der Waals surface area (Å²) in [6, 6.07) is 17.7. The van der Waals surface area contributed by atoms with Crippen LogP contribution in [0.5, 0.6) is 5.75 Å². The normalized spacial score (nSPS) is 21.4. The maximum atomic E-state index is 15.3. The SMILES string of the molecule is C[C@@H]1CCC[C@H](C)N1c1nnc2ccc(O[C@@H]3CC[C@H](NC(=O)N(OC=O)c4cc(C(C)(C)C)nn4-c4cc(F)cc(CN5CCOCC5)c4)c4ccccc43)cn12. The second-order valence-electron chi connectivity index (χ2n) is 16.7. The molecule has 0 unspecified atom stereocenters. The van der Waals surface area contributed by atoms with Crippen LogP contribution in [0, 0.1) is 5.82 Å². The molecule has 3 aliphatic rings. The number of ether oxygens (including phenoxy) is 2. The Hall–Kier alpha value is -5.54. The molecular weight excluding hydrogens is 742 g/mol. The number of amides is 2. The molecule has 2 aromatic carbocycles. The van der Waals surface area contributed by atoms with E-state index in [2.05, 4.69) is 39.2 Å². The molecule has 2 saturated heterocycles. The second-order valence-corrected chi connectivity index (χ2v) is 16.7. The molecule has 15 heteroatoms. The van der Waals surface area contributed by atoms with Gasteiger partial charge in [-0.3, -0.25) is 14.1 Å². The van der Waals surface area contributed by atoms with E-state index >= 15 is 4.39 Å². The first-order valence-corrected chi connectivity index (χ1v) is 20.3. The number of halogens is 1. The van der Waals surface area contributed by atoms with Crippen LogP contribution in [0.25, 0.3) is 11.3 Å². The number of hydrogen-bond acceptors (Lipinski definition) is 10. The number of piperidine rings is 1. The first-order chi connectivity index (χ1) is 28.0. The lowest BCUT2D eigenvalue weighted by Crippen LogP contribution is -2.44. The number of anilines is 2. The summed E-state index contributed by atoms with van der Waals surface area (Å²) >= 11 is 0. The van der Waals surface area contributed by atoms with Crippen LogP contribution in [-0.2, 0) is 26.3 Å². The Morgan fingerprint density at radius 3 is 2.48 bits per heavy atom. The molecule has 2 fully saturated rings. The van der Waals surface area contributed by atoms with Gasteiger partial charge in [-0.1, -0.05) is 45.0 Å². The van der Waals surface area contributed by atoms with Crippen molar-refractivity contribution in [3.05, 3.63) is 95.1 Å². The van der Waals surface area contributed by atoms with Crippen molar-refractivity contribution < 1.29 is 28.3 Å². The van der Waals surface area contributed by atoms with Crippen LogP contribution in [-0.4, -0.2) is 80.2 Å². The highest BCUT2D eigenvalue weighted by atomic mass is 19.1. The topological polar surface area (TPSA) is 132 Å². The number of pyridine rings is 1. The largest absolute Gasteiger partial charge is 0.484 e. The van der Waals surface area contributed by atoms with Crippen molar-refractivity contribution in [2.45, 2.75) is 103 Å². The fourth-order valence-electron chi connectivity index (χ4n) is 8.50. The van der Waals surface area contributed by atoms with Crippen LogP contribution in [0.15, 0.2) is 66.9 Å². The van der Waals surface area contributed by atoms with Crippen molar-refractivity contribution in [2.24, 2.45) is 0 Å². The number of nitrogens with one attached hydrogen (secondary N) is 1. The molecule has 4 atom stereocenters. The summed E-state index contributed by atoms with van der Waals surface area (Å²) in [5.74, 6) is 1.21. The van der Waals surface area contributed by atoms with Gasteiger partial charge in [0.05, 0.1) is 36.8 Å². The van der Waals surface area contributed by atoms with E-state index in [4.69, 9.17) is 19.4 Å². The first kappa shape index (κ1) is 39.3. The Morgan fingerprint density at radius 2 is 1.74 bits per heavy atom. The van der Waals surface area contributed by atoms with Gasteiger partial charge < -0.3 is 24.5 Å². The zero-order valence-electron chi connectivity index (χ0n) is 33.8. The van der Waals surface area contributed by atoms with Crippen LogP contribution in [0.3, 0.4) is 0 Å². The molecule has 14 nitrogen and oxygen atoms in total. The van der Waals surface area contributed by atoms with E-state index in [9.17, 15) is 9.59 Å². The van der Waals surface area contributed by atoms with E-state index in [0.29, 0.717) is 61.8 Å². The minimum Gasteiger partial charge on any atom is -0.484 e. The quantitative estimate of drug-likeness (QED) is 0.114. The Labute approximate surface area is 337 Å². The van der Waals surface area contributed by atoms with E-state index in [1.165, 1.54) is 23.2 Å². The van der Waals surface area contributed by atoms with Gasteiger partial charge in [-0.25, -0.2) is 13.9 Å². The van der Waals surface area contributed by atoms with E-state index < -0.39 is 23.3 Å². The summed E-state index contributed by atoms with van der Waals surface area (Å²) in [6.45, 7) is 13.9. The van der Waals surface area contributed by atoms with Crippen molar-refractivity contribution in [3.63, 3.8) is 0 Å².